The number of carboxylic acid groups (broad SMARTS) is 1. The Labute approximate surface area is 151 Å². The Morgan fingerprint density at radius 2 is 1.84 bits per heavy atom. The largest absolute Gasteiger partial charge is 0.495 e. The van der Waals surface area contributed by atoms with E-state index in [9.17, 15) is 18.0 Å². The van der Waals surface area contributed by atoms with Gasteiger partial charge in [0.25, 0.3) is 0 Å². The second-order valence-electron chi connectivity index (χ2n) is 5.47. The van der Waals surface area contributed by atoms with E-state index in [1.165, 1.54) is 28.4 Å². The lowest BCUT2D eigenvalue weighted by Gasteiger charge is -2.34. The van der Waals surface area contributed by atoms with Crippen molar-refractivity contribution < 1.29 is 27.9 Å². The molecule has 0 aromatic heterocycles. The van der Waals surface area contributed by atoms with E-state index in [2.05, 4.69) is 0 Å². The molecule has 0 spiro atoms. The van der Waals surface area contributed by atoms with Crippen molar-refractivity contribution in [3.05, 3.63) is 23.2 Å². The third-order valence-corrected chi connectivity index (χ3v) is 6.04. The van der Waals surface area contributed by atoms with Crippen molar-refractivity contribution in [3.8, 4) is 5.75 Å². The zero-order valence-electron chi connectivity index (χ0n) is 13.6. The lowest BCUT2D eigenvalue weighted by molar-refractivity contribution is -0.141. The van der Waals surface area contributed by atoms with Crippen molar-refractivity contribution in [2.45, 2.75) is 17.7 Å². The number of rotatable bonds is 6. The monoisotopic (exact) mass is 390 g/mol. The maximum absolute atomic E-state index is 12.8. The van der Waals surface area contributed by atoms with Gasteiger partial charge in [-0.25, -0.2) is 8.42 Å². The first kappa shape index (κ1) is 19.5. The van der Waals surface area contributed by atoms with Crippen LogP contribution in [0, 0.1) is 0 Å². The van der Waals surface area contributed by atoms with Crippen LogP contribution in [0.5, 0.6) is 5.75 Å². The van der Waals surface area contributed by atoms with Crippen molar-refractivity contribution in [3.63, 3.8) is 0 Å². The van der Waals surface area contributed by atoms with Crippen LogP contribution in [0.4, 0.5) is 0 Å². The third kappa shape index (κ3) is 4.62. The summed E-state index contributed by atoms with van der Waals surface area (Å²) in [5.41, 5.74) is 0. The molecule has 1 aromatic rings. The molecule has 1 saturated heterocycles. The van der Waals surface area contributed by atoms with E-state index in [-0.39, 0.29) is 60.6 Å². The van der Waals surface area contributed by atoms with Gasteiger partial charge < -0.3 is 14.7 Å². The third-order valence-electron chi connectivity index (χ3n) is 3.89. The molecule has 1 aromatic carbocycles. The van der Waals surface area contributed by atoms with Gasteiger partial charge in [-0.15, -0.1) is 0 Å². The average Bonchev–Trinajstić information content (AvgIpc) is 2.59. The van der Waals surface area contributed by atoms with Crippen LogP contribution in [-0.4, -0.2) is 67.9 Å². The van der Waals surface area contributed by atoms with Gasteiger partial charge in [-0.2, -0.15) is 4.31 Å². The number of carboxylic acids is 1. The molecule has 0 unspecified atom stereocenters. The van der Waals surface area contributed by atoms with Crippen LogP contribution < -0.4 is 4.74 Å². The number of amides is 1. The smallest absolute Gasteiger partial charge is 0.303 e. The van der Waals surface area contributed by atoms with Crippen LogP contribution in [-0.2, 0) is 19.6 Å². The van der Waals surface area contributed by atoms with E-state index in [1.807, 2.05) is 0 Å². The number of nitrogens with zero attached hydrogens (tertiary/aromatic N) is 2. The molecule has 0 radical (unpaired) electrons. The summed E-state index contributed by atoms with van der Waals surface area (Å²) < 4.78 is 32.0. The fraction of sp³-hybridized carbons (Fsp3) is 0.467. The van der Waals surface area contributed by atoms with E-state index < -0.39 is 16.0 Å². The van der Waals surface area contributed by atoms with Gasteiger partial charge in [-0.1, -0.05) is 11.6 Å². The van der Waals surface area contributed by atoms with Gasteiger partial charge in [-0.3, -0.25) is 9.59 Å². The molecule has 0 aliphatic carbocycles. The molecule has 1 fully saturated rings. The van der Waals surface area contributed by atoms with E-state index in [4.69, 9.17) is 21.4 Å². The number of piperazine rings is 1. The van der Waals surface area contributed by atoms with Crippen LogP contribution >= 0.6 is 11.6 Å². The van der Waals surface area contributed by atoms with Gasteiger partial charge in [0, 0.05) is 37.6 Å². The van der Waals surface area contributed by atoms with Crippen LogP contribution in [0.25, 0.3) is 0 Å². The summed E-state index contributed by atoms with van der Waals surface area (Å²) in [6.45, 7) is 0.661. The van der Waals surface area contributed by atoms with Gasteiger partial charge in [0.2, 0.25) is 15.9 Å². The number of hydrogen-bond donors (Lipinski definition) is 1. The van der Waals surface area contributed by atoms with E-state index in [0.717, 1.165) is 0 Å². The first-order valence-corrected chi connectivity index (χ1v) is 9.40. The minimum atomic E-state index is -3.81. The number of carbonyl (C=O) groups excluding carboxylic acids is 1. The molecule has 10 heteroatoms. The molecule has 0 saturated carbocycles. The predicted octanol–water partition coefficient (Wildman–Crippen LogP) is 1.05. The molecule has 25 heavy (non-hydrogen) atoms. The topological polar surface area (TPSA) is 104 Å². The van der Waals surface area contributed by atoms with Gasteiger partial charge in [-0.05, 0) is 18.2 Å². The summed E-state index contributed by atoms with van der Waals surface area (Å²) >= 11 is 5.90. The number of sulfonamides is 1. The molecule has 1 N–H and O–H groups in total. The molecule has 0 bridgehead atoms. The molecule has 1 aliphatic rings. The Kier molecular flexibility index (Phi) is 6.26. The molecular weight excluding hydrogens is 372 g/mol. The Morgan fingerprint density at radius 1 is 1.20 bits per heavy atom. The molecule has 8 nitrogen and oxygen atoms in total. The molecule has 0 atom stereocenters. The summed E-state index contributed by atoms with van der Waals surface area (Å²) in [4.78, 5) is 23.9. The fourth-order valence-electron chi connectivity index (χ4n) is 2.54. The zero-order chi connectivity index (χ0) is 18.6. The normalized spacial score (nSPS) is 15.8. The Bertz CT molecular complexity index is 759. The summed E-state index contributed by atoms with van der Waals surface area (Å²) in [6, 6.07) is 4.36. The Balaban J connectivity index is 2.08. The standard InChI is InChI=1S/C15H19ClN2O6S/c1-24-12-3-2-11(16)10-13(12)25(22,23)18-8-6-17(7-9-18)14(19)4-5-15(20)21/h2-3,10H,4-9H2,1H3,(H,20,21). The van der Waals surface area contributed by atoms with Crippen molar-refractivity contribution in [1.29, 1.82) is 0 Å². The molecule has 138 valence electrons. The van der Waals surface area contributed by atoms with Gasteiger partial charge in [0.1, 0.15) is 10.6 Å². The highest BCUT2D eigenvalue weighted by atomic mass is 35.5. The minimum Gasteiger partial charge on any atom is -0.495 e. The van der Waals surface area contributed by atoms with Gasteiger partial charge >= 0.3 is 5.97 Å². The second-order valence-corrected chi connectivity index (χ2v) is 7.82. The highest BCUT2D eigenvalue weighted by Crippen LogP contribution is 2.30. The van der Waals surface area contributed by atoms with Crippen molar-refractivity contribution in [1.82, 2.24) is 9.21 Å². The Morgan fingerprint density at radius 3 is 2.40 bits per heavy atom. The van der Waals surface area contributed by atoms with Crippen molar-refractivity contribution in [2.75, 3.05) is 33.3 Å². The van der Waals surface area contributed by atoms with Crippen LogP contribution in [0.1, 0.15) is 12.8 Å². The number of carbonyl (C=O) groups is 2. The number of benzene rings is 1. The van der Waals surface area contributed by atoms with Crippen LogP contribution in [0.2, 0.25) is 5.02 Å². The second kappa shape index (κ2) is 8.03. The summed E-state index contributed by atoms with van der Waals surface area (Å²) in [5.74, 6) is -1.13. The number of hydrogen-bond acceptors (Lipinski definition) is 5. The zero-order valence-corrected chi connectivity index (χ0v) is 15.2. The quantitative estimate of drug-likeness (QED) is 0.778. The maximum atomic E-state index is 12.8. The first-order chi connectivity index (χ1) is 11.8. The summed E-state index contributed by atoms with van der Waals surface area (Å²) in [7, 11) is -2.43. The lowest BCUT2D eigenvalue weighted by atomic mass is 10.2. The highest BCUT2D eigenvalue weighted by molar-refractivity contribution is 7.89. The first-order valence-electron chi connectivity index (χ1n) is 7.59. The number of ether oxygens (including phenoxy) is 1. The number of halogens is 1. The van der Waals surface area contributed by atoms with E-state index in [1.54, 1.807) is 6.07 Å². The van der Waals surface area contributed by atoms with Gasteiger partial charge in [0.05, 0.1) is 13.5 Å². The van der Waals surface area contributed by atoms with Crippen molar-refractivity contribution >= 4 is 33.5 Å². The average molecular weight is 391 g/mol. The molecule has 1 heterocycles. The highest BCUT2D eigenvalue weighted by Gasteiger charge is 2.32. The maximum Gasteiger partial charge on any atom is 0.303 e. The molecular formula is C15H19ClN2O6S. The molecule has 2 rings (SSSR count). The predicted molar refractivity (Wildman–Crippen MR) is 90.2 cm³/mol. The Hall–Kier alpha value is -1.84. The van der Waals surface area contributed by atoms with Crippen LogP contribution in [0.15, 0.2) is 23.1 Å². The van der Waals surface area contributed by atoms with Crippen LogP contribution in [0.3, 0.4) is 0 Å². The van der Waals surface area contributed by atoms with Crippen molar-refractivity contribution in [2.24, 2.45) is 0 Å². The van der Waals surface area contributed by atoms with E-state index >= 15 is 0 Å². The summed E-state index contributed by atoms with van der Waals surface area (Å²) in [5, 5.41) is 8.91. The lowest BCUT2D eigenvalue weighted by Crippen LogP contribution is -2.50. The van der Waals surface area contributed by atoms with E-state index in [0.29, 0.717) is 0 Å². The minimum absolute atomic E-state index is 0.0202. The molecule has 1 aliphatic heterocycles. The number of methoxy groups -OCH3 is 1. The molecule has 1 amide bonds. The SMILES string of the molecule is COc1ccc(Cl)cc1S(=O)(=O)N1CCN(C(=O)CCC(=O)O)CC1. The summed E-state index contributed by atoms with van der Waals surface area (Å²) in [6.07, 6.45) is -0.332. The van der Waals surface area contributed by atoms with Gasteiger partial charge in [0.15, 0.2) is 0 Å². The number of aliphatic carboxylic acids is 1. The fourth-order valence-corrected chi connectivity index (χ4v) is 4.38.